The lowest BCUT2D eigenvalue weighted by Gasteiger charge is -2.18. The normalized spacial score (nSPS) is 12.4. The van der Waals surface area contributed by atoms with E-state index in [1.54, 1.807) is 0 Å². The molecule has 0 radical (unpaired) electrons. The summed E-state index contributed by atoms with van der Waals surface area (Å²) in [7, 11) is 0. The molecule has 0 aliphatic heterocycles. The third kappa shape index (κ3) is 46.4. The van der Waals surface area contributed by atoms with Gasteiger partial charge in [0.15, 0.2) is 6.10 Å². The van der Waals surface area contributed by atoms with Gasteiger partial charge in [-0.2, -0.15) is 0 Å². The predicted octanol–water partition coefficient (Wildman–Crippen LogP) is 16.7. The maximum atomic E-state index is 12.7. The summed E-state index contributed by atoms with van der Waals surface area (Å²) in [6.45, 7) is 6.50. The van der Waals surface area contributed by atoms with E-state index in [0.29, 0.717) is 19.3 Å². The molecular formula is C54H96O6. The molecule has 0 heterocycles. The zero-order valence-electron chi connectivity index (χ0n) is 39.7. The van der Waals surface area contributed by atoms with Crippen molar-refractivity contribution < 1.29 is 28.6 Å². The third-order valence-corrected chi connectivity index (χ3v) is 11.1. The minimum atomic E-state index is -0.767. The highest BCUT2D eigenvalue weighted by molar-refractivity contribution is 5.71. The van der Waals surface area contributed by atoms with Crippen LogP contribution in [0.2, 0.25) is 0 Å². The average molecular weight is 841 g/mol. The van der Waals surface area contributed by atoms with Crippen LogP contribution in [0.4, 0.5) is 0 Å². The van der Waals surface area contributed by atoms with Gasteiger partial charge in [0.2, 0.25) is 0 Å². The van der Waals surface area contributed by atoms with Crippen molar-refractivity contribution in [3.63, 3.8) is 0 Å². The van der Waals surface area contributed by atoms with Crippen LogP contribution < -0.4 is 0 Å². The first kappa shape index (κ1) is 57.4. The van der Waals surface area contributed by atoms with Crippen molar-refractivity contribution in [1.82, 2.24) is 0 Å². The van der Waals surface area contributed by atoms with Gasteiger partial charge in [0.1, 0.15) is 13.2 Å². The molecule has 348 valence electrons. The molecule has 0 saturated heterocycles. The molecule has 0 fully saturated rings. The van der Waals surface area contributed by atoms with Crippen LogP contribution >= 0.6 is 0 Å². The second-order valence-electron chi connectivity index (χ2n) is 17.1. The van der Waals surface area contributed by atoms with Crippen LogP contribution in [0.25, 0.3) is 0 Å². The quantitative estimate of drug-likeness (QED) is 0.0263. The molecule has 6 nitrogen and oxygen atoms in total. The smallest absolute Gasteiger partial charge is 0.306 e. The standard InChI is InChI=1S/C54H96O6/c1-4-7-10-13-16-19-21-22-23-24-25-26-27-28-29-30-31-32-33-36-38-41-44-47-53(56)59-50-51(49-58-52(55)46-43-40-37-34-18-15-12-9-6-3)60-54(57)48-45-42-39-35-20-17-14-11-8-5-2/h7,10,16,19,22-23,25-26,51H,4-6,8-9,11-15,17-18,20-21,24,27-50H2,1-3H3/b10-7-,19-16-,23-22-,26-25-. The number of allylic oxidation sites excluding steroid dienone is 8. The van der Waals surface area contributed by atoms with Gasteiger partial charge in [-0.3, -0.25) is 14.4 Å². The Labute approximate surface area is 371 Å². The molecule has 1 unspecified atom stereocenters. The van der Waals surface area contributed by atoms with Gasteiger partial charge >= 0.3 is 17.9 Å². The van der Waals surface area contributed by atoms with E-state index >= 15 is 0 Å². The predicted molar refractivity (Wildman–Crippen MR) is 256 cm³/mol. The van der Waals surface area contributed by atoms with E-state index in [9.17, 15) is 14.4 Å². The first-order valence-electron chi connectivity index (χ1n) is 25.6. The third-order valence-electron chi connectivity index (χ3n) is 11.1. The number of ether oxygens (including phenoxy) is 3. The molecule has 0 aromatic rings. The Morgan fingerprint density at radius 3 is 1.02 bits per heavy atom. The van der Waals surface area contributed by atoms with E-state index in [1.165, 1.54) is 135 Å². The van der Waals surface area contributed by atoms with Crippen molar-refractivity contribution in [2.24, 2.45) is 0 Å². The highest BCUT2D eigenvalue weighted by Gasteiger charge is 2.19. The van der Waals surface area contributed by atoms with Crippen LogP contribution in [-0.4, -0.2) is 37.2 Å². The van der Waals surface area contributed by atoms with E-state index in [4.69, 9.17) is 14.2 Å². The average Bonchev–Trinajstić information content (AvgIpc) is 3.24. The van der Waals surface area contributed by atoms with Gasteiger partial charge in [0.25, 0.3) is 0 Å². The van der Waals surface area contributed by atoms with E-state index in [-0.39, 0.29) is 31.1 Å². The Bertz CT molecular complexity index is 1060. The molecule has 0 N–H and O–H groups in total. The van der Waals surface area contributed by atoms with Crippen LogP contribution in [0.3, 0.4) is 0 Å². The van der Waals surface area contributed by atoms with Gasteiger partial charge in [-0.15, -0.1) is 0 Å². The molecule has 0 saturated carbocycles. The van der Waals surface area contributed by atoms with Crippen molar-refractivity contribution in [1.29, 1.82) is 0 Å². The second-order valence-corrected chi connectivity index (χ2v) is 17.1. The molecule has 1 atom stereocenters. The highest BCUT2D eigenvalue weighted by atomic mass is 16.6. The zero-order chi connectivity index (χ0) is 43.7. The Balaban J connectivity index is 4.18. The lowest BCUT2D eigenvalue weighted by molar-refractivity contribution is -0.167. The van der Waals surface area contributed by atoms with Crippen LogP contribution in [0.5, 0.6) is 0 Å². The van der Waals surface area contributed by atoms with Gasteiger partial charge in [-0.05, 0) is 57.8 Å². The van der Waals surface area contributed by atoms with Crippen LogP contribution in [0.1, 0.15) is 258 Å². The molecule has 0 bridgehead atoms. The summed E-state index contributed by atoms with van der Waals surface area (Å²) in [6.07, 6.45) is 58.2. The largest absolute Gasteiger partial charge is 0.462 e. The van der Waals surface area contributed by atoms with E-state index in [0.717, 1.165) is 83.5 Å². The fourth-order valence-corrected chi connectivity index (χ4v) is 7.26. The fraction of sp³-hybridized carbons (Fsp3) is 0.796. The number of esters is 3. The number of carbonyl (C=O) groups is 3. The van der Waals surface area contributed by atoms with Gasteiger partial charge in [-0.1, -0.05) is 230 Å². The summed E-state index contributed by atoms with van der Waals surface area (Å²) >= 11 is 0. The Morgan fingerprint density at radius 1 is 0.350 bits per heavy atom. The van der Waals surface area contributed by atoms with Gasteiger partial charge < -0.3 is 14.2 Å². The molecule has 0 aliphatic rings. The highest BCUT2D eigenvalue weighted by Crippen LogP contribution is 2.15. The number of carbonyl (C=O) groups excluding carboxylic acids is 3. The monoisotopic (exact) mass is 841 g/mol. The molecule has 0 aromatic heterocycles. The summed E-state index contributed by atoms with van der Waals surface area (Å²) < 4.78 is 16.7. The van der Waals surface area contributed by atoms with Crippen molar-refractivity contribution in [3.8, 4) is 0 Å². The van der Waals surface area contributed by atoms with Crippen molar-refractivity contribution >= 4 is 17.9 Å². The molecule has 0 aromatic carbocycles. The molecule has 0 rings (SSSR count). The minimum absolute atomic E-state index is 0.0708. The van der Waals surface area contributed by atoms with Crippen LogP contribution in [0.15, 0.2) is 48.6 Å². The topological polar surface area (TPSA) is 78.9 Å². The van der Waals surface area contributed by atoms with Crippen molar-refractivity contribution in [2.75, 3.05) is 13.2 Å². The fourth-order valence-electron chi connectivity index (χ4n) is 7.26. The van der Waals surface area contributed by atoms with Crippen LogP contribution in [0, 0.1) is 0 Å². The molecule has 0 aliphatic carbocycles. The number of hydrogen-bond acceptors (Lipinski definition) is 6. The molecule has 0 spiro atoms. The zero-order valence-corrected chi connectivity index (χ0v) is 39.7. The Morgan fingerprint density at radius 2 is 0.650 bits per heavy atom. The van der Waals surface area contributed by atoms with E-state index < -0.39 is 6.10 Å². The maximum Gasteiger partial charge on any atom is 0.306 e. The van der Waals surface area contributed by atoms with Gasteiger partial charge in [0.05, 0.1) is 0 Å². The second kappa shape index (κ2) is 49.0. The summed E-state index contributed by atoms with van der Waals surface area (Å²) in [5, 5.41) is 0. The van der Waals surface area contributed by atoms with Crippen molar-refractivity contribution in [2.45, 2.75) is 264 Å². The summed E-state index contributed by atoms with van der Waals surface area (Å²) in [4.78, 5) is 37.8. The lowest BCUT2D eigenvalue weighted by Crippen LogP contribution is -2.30. The van der Waals surface area contributed by atoms with E-state index in [1.807, 2.05) is 0 Å². The van der Waals surface area contributed by atoms with Gasteiger partial charge in [0, 0.05) is 19.3 Å². The molecule has 60 heavy (non-hydrogen) atoms. The number of hydrogen-bond donors (Lipinski definition) is 0. The number of rotatable bonds is 46. The summed E-state index contributed by atoms with van der Waals surface area (Å²) in [5.74, 6) is -0.873. The first-order chi connectivity index (χ1) is 29.5. The summed E-state index contributed by atoms with van der Waals surface area (Å²) in [6, 6.07) is 0. The van der Waals surface area contributed by atoms with Crippen LogP contribution in [-0.2, 0) is 28.6 Å². The SMILES string of the molecule is CC/C=C\C/C=C\C/C=C\C/C=C\CCCCCCCCCCCCC(=O)OCC(COC(=O)CCCCCCCCCCC)OC(=O)CCCCCCCCCCCC. The minimum Gasteiger partial charge on any atom is -0.462 e. The lowest BCUT2D eigenvalue weighted by atomic mass is 10.1. The summed E-state index contributed by atoms with van der Waals surface area (Å²) in [5.41, 5.74) is 0. The maximum absolute atomic E-state index is 12.7. The molecule has 0 amide bonds. The molecular weight excluding hydrogens is 745 g/mol. The first-order valence-corrected chi connectivity index (χ1v) is 25.6. The van der Waals surface area contributed by atoms with Gasteiger partial charge in [-0.25, -0.2) is 0 Å². The Kier molecular flexibility index (Phi) is 46.9. The number of unbranched alkanes of at least 4 members (excludes halogenated alkanes) is 27. The molecule has 6 heteroatoms. The van der Waals surface area contributed by atoms with E-state index in [2.05, 4.69) is 69.4 Å². The Hall–Kier alpha value is -2.63. The van der Waals surface area contributed by atoms with Crippen molar-refractivity contribution in [3.05, 3.63) is 48.6 Å².